The van der Waals surface area contributed by atoms with Gasteiger partial charge >= 0.3 is 0 Å². The van der Waals surface area contributed by atoms with Gasteiger partial charge in [-0.15, -0.1) is 0 Å². The maximum absolute atomic E-state index is 13.3. The molecule has 1 aromatic heterocycles. The summed E-state index contributed by atoms with van der Waals surface area (Å²) in [7, 11) is 1.76. The van der Waals surface area contributed by atoms with Crippen molar-refractivity contribution in [1.29, 1.82) is 0 Å². The van der Waals surface area contributed by atoms with Crippen LogP contribution >= 0.6 is 0 Å². The molecule has 0 spiro atoms. The van der Waals surface area contributed by atoms with Gasteiger partial charge in [-0.25, -0.2) is 9.07 Å². The van der Waals surface area contributed by atoms with Crippen LogP contribution in [0.15, 0.2) is 18.2 Å². The molecular formula is C14H18FN3O. The molecule has 0 radical (unpaired) electrons. The lowest BCUT2D eigenvalue weighted by Gasteiger charge is -2.09. The molecule has 1 heterocycles. The lowest BCUT2D eigenvalue weighted by atomic mass is 10.1. The highest BCUT2D eigenvalue weighted by atomic mass is 19.1. The maximum Gasteiger partial charge on any atom is 0.241 e. The normalized spacial score (nSPS) is 11.1. The van der Waals surface area contributed by atoms with Gasteiger partial charge in [0.15, 0.2) is 0 Å². The first kappa shape index (κ1) is 13.4. The lowest BCUT2D eigenvalue weighted by molar-refractivity contribution is 0.426. The summed E-state index contributed by atoms with van der Waals surface area (Å²) in [4.78, 5) is 0. The van der Waals surface area contributed by atoms with Gasteiger partial charge in [0.25, 0.3) is 0 Å². The Morgan fingerprint density at radius 1 is 1.37 bits per heavy atom. The smallest absolute Gasteiger partial charge is 0.241 e. The minimum atomic E-state index is -0.342. The van der Waals surface area contributed by atoms with E-state index >= 15 is 0 Å². The third kappa shape index (κ3) is 2.54. The van der Waals surface area contributed by atoms with Gasteiger partial charge in [-0.05, 0) is 24.5 Å². The van der Waals surface area contributed by atoms with Crippen LogP contribution in [0, 0.1) is 12.7 Å². The van der Waals surface area contributed by atoms with Crippen LogP contribution < -0.4 is 10.5 Å². The Hall–Kier alpha value is -2.04. The molecule has 2 N–H and O–H groups in total. The van der Waals surface area contributed by atoms with Crippen molar-refractivity contribution < 1.29 is 9.13 Å². The summed E-state index contributed by atoms with van der Waals surface area (Å²) in [6.07, 6.45) is 0. The summed E-state index contributed by atoms with van der Waals surface area (Å²) in [5.41, 5.74) is 8.16. The van der Waals surface area contributed by atoms with Crippen molar-refractivity contribution in [2.75, 3.05) is 5.73 Å². The summed E-state index contributed by atoms with van der Waals surface area (Å²) >= 11 is 0. The molecular weight excluding hydrogens is 245 g/mol. The molecule has 0 unspecified atom stereocenters. The average Bonchev–Trinajstić information content (AvgIpc) is 2.62. The Morgan fingerprint density at radius 2 is 2.05 bits per heavy atom. The number of nitrogens with two attached hydrogens (primary N) is 1. The minimum absolute atomic E-state index is 0.206. The Balaban J connectivity index is 2.41. The number of nitrogen functional groups attached to an aromatic ring is 1. The molecule has 2 rings (SSSR count). The van der Waals surface area contributed by atoms with Crippen LogP contribution in [-0.4, -0.2) is 9.78 Å². The fraction of sp³-hybridized carbons (Fsp3) is 0.357. The lowest BCUT2D eigenvalue weighted by Crippen LogP contribution is -1.98. The molecule has 2 aromatic rings. The third-order valence-corrected chi connectivity index (χ3v) is 2.96. The topological polar surface area (TPSA) is 53.1 Å². The van der Waals surface area contributed by atoms with E-state index in [0.717, 1.165) is 11.3 Å². The highest BCUT2D eigenvalue weighted by Crippen LogP contribution is 2.34. The van der Waals surface area contributed by atoms with Crippen molar-refractivity contribution in [3.8, 4) is 11.6 Å². The first-order valence-corrected chi connectivity index (χ1v) is 6.16. The van der Waals surface area contributed by atoms with Crippen molar-refractivity contribution in [2.24, 2.45) is 7.05 Å². The summed E-state index contributed by atoms with van der Waals surface area (Å²) < 4.78 is 20.5. The van der Waals surface area contributed by atoms with Gasteiger partial charge in [0.05, 0.1) is 5.69 Å². The fourth-order valence-corrected chi connectivity index (χ4v) is 1.88. The van der Waals surface area contributed by atoms with Crippen LogP contribution in [0.2, 0.25) is 0 Å². The molecule has 19 heavy (non-hydrogen) atoms. The van der Waals surface area contributed by atoms with Gasteiger partial charge in [0.1, 0.15) is 17.3 Å². The molecule has 0 amide bonds. The van der Waals surface area contributed by atoms with Crippen LogP contribution in [0.5, 0.6) is 11.6 Å². The Morgan fingerprint density at radius 3 is 2.63 bits per heavy atom. The summed E-state index contributed by atoms with van der Waals surface area (Å²) in [6.45, 7) is 5.87. The second-order valence-corrected chi connectivity index (χ2v) is 4.89. The quantitative estimate of drug-likeness (QED) is 0.923. The van der Waals surface area contributed by atoms with E-state index in [0.29, 0.717) is 17.3 Å². The number of anilines is 1. The van der Waals surface area contributed by atoms with Crippen molar-refractivity contribution in [3.05, 3.63) is 35.3 Å². The first-order chi connectivity index (χ1) is 8.90. The number of hydrogen-bond donors (Lipinski definition) is 1. The van der Waals surface area contributed by atoms with Crippen molar-refractivity contribution >= 4 is 5.69 Å². The summed E-state index contributed by atoms with van der Waals surface area (Å²) in [6, 6.07) is 4.41. The summed E-state index contributed by atoms with van der Waals surface area (Å²) in [5, 5.41) is 4.33. The molecule has 0 fully saturated rings. The average molecular weight is 263 g/mol. The molecule has 5 heteroatoms. The van der Waals surface area contributed by atoms with E-state index < -0.39 is 0 Å². The van der Waals surface area contributed by atoms with E-state index in [2.05, 4.69) is 5.10 Å². The highest BCUT2D eigenvalue weighted by Gasteiger charge is 2.18. The second kappa shape index (κ2) is 4.91. The zero-order valence-electron chi connectivity index (χ0n) is 11.6. The van der Waals surface area contributed by atoms with Crippen molar-refractivity contribution in [1.82, 2.24) is 9.78 Å². The number of halogens is 1. The van der Waals surface area contributed by atoms with Gasteiger partial charge in [0.2, 0.25) is 5.88 Å². The highest BCUT2D eigenvalue weighted by molar-refractivity contribution is 5.56. The third-order valence-electron chi connectivity index (χ3n) is 2.96. The van der Waals surface area contributed by atoms with Gasteiger partial charge in [0, 0.05) is 13.1 Å². The largest absolute Gasteiger partial charge is 0.437 e. The van der Waals surface area contributed by atoms with Crippen LogP contribution in [-0.2, 0) is 7.05 Å². The fourth-order valence-electron chi connectivity index (χ4n) is 1.88. The molecule has 0 aliphatic rings. The molecule has 0 saturated heterocycles. The van der Waals surface area contributed by atoms with E-state index in [-0.39, 0.29) is 11.7 Å². The molecule has 102 valence electrons. The maximum atomic E-state index is 13.3. The Kier molecular flexibility index (Phi) is 3.46. The number of rotatable bonds is 3. The van der Waals surface area contributed by atoms with E-state index in [1.807, 2.05) is 20.8 Å². The monoisotopic (exact) mass is 263 g/mol. The molecule has 4 nitrogen and oxygen atoms in total. The SMILES string of the molecule is Cc1ccc(F)cc1Oc1c(N)c(C(C)C)nn1C. The second-order valence-electron chi connectivity index (χ2n) is 4.89. The standard InChI is InChI=1S/C14H18FN3O/c1-8(2)13-12(16)14(18(4)17-13)19-11-7-10(15)6-5-9(11)3/h5-8H,16H2,1-4H3. The molecule has 1 aromatic carbocycles. The predicted octanol–water partition coefficient (Wildman–Crippen LogP) is 3.37. The van der Waals surface area contributed by atoms with E-state index in [9.17, 15) is 4.39 Å². The van der Waals surface area contributed by atoms with E-state index in [4.69, 9.17) is 10.5 Å². The molecule has 0 bridgehead atoms. The molecule has 0 saturated carbocycles. The number of benzene rings is 1. The van der Waals surface area contributed by atoms with Crippen LogP contribution in [0.3, 0.4) is 0 Å². The van der Waals surface area contributed by atoms with Gasteiger partial charge < -0.3 is 10.5 Å². The van der Waals surface area contributed by atoms with E-state index in [1.165, 1.54) is 12.1 Å². The molecule has 0 aliphatic carbocycles. The number of aryl methyl sites for hydroxylation is 2. The number of ether oxygens (including phenoxy) is 1. The number of nitrogens with zero attached hydrogens (tertiary/aromatic N) is 2. The zero-order chi connectivity index (χ0) is 14.2. The van der Waals surface area contributed by atoms with Crippen molar-refractivity contribution in [3.63, 3.8) is 0 Å². The Bertz CT molecular complexity index is 605. The van der Waals surface area contributed by atoms with Gasteiger partial charge in [-0.1, -0.05) is 19.9 Å². The first-order valence-electron chi connectivity index (χ1n) is 6.16. The minimum Gasteiger partial charge on any atom is -0.437 e. The molecule has 0 aliphatic heterocycles. The summed E-state index contributed by atoms with van der Waals surface area (Å²) in [5.74, 6) is 0.755. The Labute approximate surface area is 112 Å². The molecule has 0 atom stereocenters. The number of hydrogen-bond acceptors (Lipinski definition) is 3. The van der Waals surface area contributed by atoms with Crippen LogP contribution in [0.25, 0.3) is 0 Å². The van der Waals surface area contributed by atoms with Gasteiger partial charge in [-0.2, -0.15) is 5.10 Å². The van der Waals surface area contributed by atoms with Gasteiger partial charge in [-0.3, -0.25) is 0 Å². The number of aromatic nitrogens is 2. The van der Waals surface area contributed by atoms with Crippen LogP contribution in [0.4, 0.5) is 10.1 Å². The predicted molar refractivity (Wildman–Crippen MR) is 72.9 cm³/mol. The van der Waals surface area contributed by atoms with Crippen molar-refractivity contribution in [2.45, 2.75) is 26.7 Å². The zero-order valence-corrected chi connectivity index (χ0v) is 11.6. The van der Waals surface area contributed by atoms with E-state index in [1.54, 1.807) is 17.8 Å². The van der Waals surface area contributed by atoms with Crippen LogP contribution in [0.1, 0.15) is 31.0 Å².